The first kappa shape index (κ1) is 19.7. The van der Waals surface area contributed by atoms with E-state index in [1.807, 2.05) is 18.4 Å². The summed E-state index contributed by atoms with van der Waals surface area (Å²) in [7, 11) is 4.54. The lowest BCUT2D eigenvalue weighted by atomic mass is 10.1. The molecule has 0 aliphatic rings. The van der Waals surface area contributed by atoms with Gasteiger partial charge in [-0.15, -0.1) is 11.3 Å². The summed E-state index contributed by atoms with van der Waals surface area (Å²) in [4.78, 5) is 22.0. The molecule has 2 heterocycles. The number of ether oxygens (including phenoxy) is 3. The third kappa shape index (κ3) is 3.59. The normalized spacial score (nSPS) is 11.0. The molecule has 29 heavy (non-hydrogen) atoms. The number of aromatic nitrogens is 2. The molecule has 0 saturated heterocycles. The van der Waals surface area contributed by atoms with Crippen molar-refractivity contribution in [1.29, 1.82) is 0 Å². The number of nitrogens with one attached hydrogen (secondary N) is 1. The van der Waals surface area contributed by atoms with Crippen LogP contribution in [0.4, 0.5) is 5.13 Å². The van der Waals surface area contributed by atoms with Crippen molar-refractivity contribution < 1.29 is 19.0 Å². The van der Waals surface area contributed by atoms with E-state index >= 15 is 0 Å². The number of carbonyl (C=O) groups excluding carboxylic acids is 1. The van der Waals surface area contributed by atoms with E-state index in [1.165, 1.54) is 32.7 Å². The first-order chi connectivity index (χ1) is 14.1. The zero-order valence-corrected chi connectivity index (χ0v) is 18.5. The molecule has 1 amide bonds. The van der Waals surface area contributed by atoms with Gasteiger partial charge in [0.25, 0.3) is 5.91 Å². The number of benzene rings is 2. The van der Waals surface area contributed by atoms with Crippen LogP contribution in [0.1, 0.15) is 10.4 Å². The summed E-state index contributed by atoms with van der Waals surface area (Å²) in [6.07, 6.45) is 2.00. The quantitative estimate of drug-likeness (QED) is 0.421. The van der Waals surface area contributed by atoms with Crippen LogP contribution in [0, 0.1) is 0 Å². The molecule has 10 heteroatoms. The van der Waals surface area contributed by atoms with E-state index in [-0.39, 0.29) is 5.91 Å². The van der Waals surface area contributed by atoms with Crippen molar-refractivity contribution in [2.24, 2.45) is 0 Å². The van der Waals surface area contributed by atoms with E-state index in [0.29, 0.717) is 27.9 Å². The van der Waals surface area contributed by atoms with E-state index in [4.69, 9.17) is 14.2 Å². The van der Waals surface area contributed by atoms with Crippen LogP contribution in [0.3, 0.4) is 0 Å². The van der Waals surface area contributed by atoms with Gasteiger partial charge in [0, 0.05) is 5.56 Å². The Balaban J connectivity index is 1.68. The molecule has 0 fully saturated rings. The van der Waals surface area contributed by atoms with Gasteiger partial charge in [-0.25, -0.2) is 9.97 Å². The highest BCUT2D eigenvalue weighted by Gasteiger charge is 2.19. The average Bonchev–Trinajstić information content (AvgIpc) is 3.35. The van der Waals surface area contributed by atoms with E-state index in [0.717, 1.165) is 24.8 Å². The van der Waals surface area contributed by atoms with Crippen molar-refractivity contribution in [1.82, 2.24) is 9.97 Å². The second-order valence-electron chi connectivity index (χ2n) is 5.83. The van der Waals surface area contributed by atoms with Crippen LogP contribution in [-0.2, 0) is 0 Å². The summed E-state index contributed by atoms with van der Waals surface area (Å²) in [6, 6.07) is 7.10. The lowest BCUT2D eigenvalue weighted by Gasteiger charge is -2.13. The molecule has 150 valence electrons. The first-order valence-corrected chi connectivity index (χ1v) is 11.3. The Hall–Kier alpha value is -2.56. The standard InChI is InChI=1S/C19H17N3O4S3/c1-24-12-7-9(8-13(25-2)14(12)26-3)17(23)22-18-20-10-5-6-11-16(15(10)28-18)29-19(21-11)27-4/h5-8H,1-4H3,(H,20,22,23). The Morgan fingerprint density at radius 2 is 1.59 bits per heavy atom. The third-order valence-electron chi connectivity index (χ3n) is 4.21. The predicted molar refractivity (Wildman–Crippen MR) is 119 cm³/mol. The molecule has 4 aromatic rings. The van der Waals surface area contributed by atoms with Crippen LogP contribution in [-0.4, -0.2) is 43.5 Å². The van der Waals surface area contributed by atoms with Gasteiger partial charge < -0.3 is 14.2 Å². The monoisotopic (exact) mass is 447 g/mol. The van der Waals surface area contributed by atoms with Gasteiger partial charge in [-0.1, -0.05) is 23.1 Å². The minimum absolute atomic E-state index is 0.311. The summed E-state index contributed by atoms with van der Waals surface area (Å²) < 4.78 is 19.1. The van der Waals surface area contributed by atoms with Crippen LogP contribution in [0.15, 0.2) is 28.6 Å². The molecule has 0 saturated carbocycles. The molecule has 0 spiro atoms. The van der Waals surface area contributed by atoms with E-state index < -0.39 is 0 Å². The number of hydrogen-bond acceptors (Lipinski definition) is 9. The molecule has 0 aliphatic heterocycles. The highest BCUT2D eigenvalue weighted by molar-refractivity contribution is 8.00. The zero-order chi connectivity index (χ0) is 20.5. The van der Waals surface area contributed by atoms with Crippen molar-refractivity contribution in [3.8, 4) is 17.2 Å². The maximum absolute atomic E-state index is 12.8. The number of nitrogens with zero attached hydrogens (tertiary/aromatic N) is 2. The highest BCUT2D eigenvalue weighted by Crippen LogP contribution is 2.40. The summed E-state index contributed by atoms with van der Waals surface area (Å²) in [5.74, 6) is 0.951. The molecule has 2 aromatic heterocycles. The molecule has 0 radical (unpaired) electrons. The van der Waals surface area contributed by atoms with Crippen molar-refractivity contribution in [3.63, 3.8) is 0 Å². The third-order valence-corrected chi connectivity index (χ3v) is 7.42. The first-order valence-electron chi connectivity index (χ1n) is 8.43. The smallest absolute Gasteiger partial charge is 0.257 e. The van der Waals surface area contributed by atoms with Crippen molar-refractivity contribution >= 4 is 65.9 Å². The van der Waals surface area contributed by atoms with E-state index in [9.17, 15) is 4.79 Å². The van der Waals surface area contributed by atoms with E-state index in [1.54, 1.807) is 35.2 Å². The van der Waals surface area contributed by atoms with Gasteiger partial charge in [0.2, 0.25) is 5.75 Å². The molecule has 0 unspecified atom stereocenters. The zero-order valence-electron chi connectivity index (χ0n) is 16.1. The predicted octanol–water partition coefficient (Wildman–Crippen LogP) is 4.91. The largest absolute Gasteiger partial charge is 0.493 e. The van der Waals surface area contributed by atoms with Crippen LogP contribution in [0.2, 0.25) is 0 Å². The fraction of sp³-hybridized carbons (Fsp3) is 0.211. The number of rotatable bonds is 6. The van der Waals surface area contributed by atoms with E-state index in [2.05, 4.69) is 15.3 Å². The average molecular weight is 448 g/mol. The topological polar surface area (TPSA) is 82.6 Å². The van der Waals surface area contributed by atoms with Crippen molar-refractivity contribution in [2.75, 3.05) is 32.9 Å². The van der Waals surface area contributed by atoms with Crippen LogP contribution < -0.4 is 19.5 Å². The summed E-state index contributed by atoms with van der Waals surface area (Å²) >= 11 is 4.68. The van der Waals surface area contributed by atoms with Gasteiger partial charge >= 0.3 is 0 Å². The minimum atomic E-state index is -0.311. The van der Waals surface area contributed by atoms with Gasteiger partial charge in [0.15, 0.2) is 21.0 Å². The Morgan fingerprint density at radius 1 is 0.966 bits per heavy atom. The molecule has 0 aliphatic carbocycles. The summed E-state index contributed by atoms with van der Waals surface area (Å²) in [5, 5.41) is 3.39. The minimum Gasteiger partial charge on any atom is -0.493 e. The van der Waals surface area contributed by atoms with Gasteiger partial charge in [0.1, 0.15) is 0 Å². The van der Waals surface area contributed by atoms with Crippen LogP contribution in [0.25, 0.3) is 20.4 Å². The summed E-state index contributed by atoms with van der Waals surface area (Å²) in [6.45, 7) is 0. The summed E-state index contributed by atoms with van der Waals surface area (Å²) in [5.41, 5.74) is 2.16. The van der Waals surface area contributed by atoms with Gasteiger partial charge in [-0.2, -0.15) is 0 Å². The van der Waals surface area contributed by atoms with Crippen LogP contribution >= 0.6 is 34.4 Å². The SMILES string of the molecule is COc1cc(C(=O)Nc2nc3ccc4nc(SC)sc4c3s2)cc(OC)c1OC. The highest BCUT2D eigenvalue weighted by atomic mass is 32.2. The number of methoxy groups -OCH3 is 3. The molecular weight excluding hydrogens is 430 g/mol. The van der Waals surface area contributed by atoms with Crippen molar-refractivity contribution in [3.05, 3.63) is 29.8 Å². The molecule has 1 N–H and O–H groups in total. The molecule has 7 nitrogen and oxygen atoms in total. The maximum atomic E-state index is 12.8. The van der Waals surface area contributed by atoms with Crippen molar-refractivity contribution in [2.45, 2.75) is 4.34 Å². The Kier molecular flexibility index (Phi) is 5.48. The fourth-order valence-electron chi connectivity index (χ4n) is 2.87. The number of anilines is 1. The number of amides is 1. The maximum Gasteiger partial charge on any atom is 0.257 e. The van der Waals surface area contributed by atoms with Gasteiger partial charge in [0.05, 0.1) is 41.8 Å². The second kappa shape index (κ2) is 8.05. The number of fused-ring (bicyclic) bond motifs is 3. The van der Waals surface area contributed by atoms with Gasteiger partial charge in [-0.05, 0) is 30.5 Å². The Morgan fingerprint density at radius 3 is 2.17 bits per heavy atom. The lowest BCUT2D eigenvalue weighted by Crippen LogP contribution is -2.12. The number of thioether (sulfide) groups is 1. The van der Waals surface area contributed by atoms with Crippen LogP contribution in [0.5, 0.6) is 17.2 Å². The molecular formula is C19H17N3O4S3. The Bertz CT molecular complexity index is 1190. The second-order valence-corrected chi connectivity index (χ2v) is 8.88. The van der Waals surface area contributed by atoms with Gasteiger partial charge in [-0.3, -0.25) is 10.1 Å². The molecule has 0 atom stereocenters. The lowest BCUT2D eigenvalue weighted by molar-refractivity contribution is 0.102. The number of hydrogen-bond donors (Lipinski definition) is 1. The molecule has 4 rings (SSSR count). The molecule has 0 bridgehead atoms. The molecule has 2 aromatic carbocycles. The number of thiazole rings is 2. The Labute approximate surface area is 179 Å². The fourth-order valence-corrected chi connectivity index (χ4v) is 5.53. The number of carbonyl (C=O) groups is 1.